The molecule has 4 nitrogen and oxygen atoms in total. The maximum Gasteiger partial charge on any atom is 0.407 e. The number of ether oxygens (including phenoxy) is 1. The van der Waals surface area contributed by atoms with Crippen molar-refractivity contribution in [1.82, 2.24) is 5.32 Å². The molecule has 0 aromatic carbocycles. The second-order valence-electron chi connectivity index (χ2n) is 5.46. The topological polar surface area (TPSA) is 58.6 Å². The Hall–Kier alpha value is -0.910. The van der Waals surface area contributed by atoms with Crippen LogP contribution in [-0.2, 0) is 4.74 Å². The third-order valence-corrected chi connectivity index (χ3v) is 2.59. The first-order chi connectivity index (χ1) is 7.63. The normalized spacial score (nSPS) is 21.5. The Balaban J connectivity index is 2.40. The Kier molecular flexibility index (Phi) is 3.96. The average Bonchev–Trinajstić information content (AvgIpc) is 2.07. The molecule has 0 saturated heterocycles. The molecule has 1 unspecified atom stereocenters. The van der Waals surface area contributed by atoms with Crippen LogP contribution in [0.3, 0.4) is 0 Å². The van der Waals surface area contributed by atoms with E-state index in [0.717, 1.165) is 0 Å². The second-order valence-corrected chi connectivity index (χ2v) is 5.46. The molecule has 1 atom stereocenters. The van der Waals surface area contributed by atoms with Crippen LogP contribution in [-0.4, -0.2) is 35.4 Å². The van der Waals surface area contributed by atoms with Gasteiger partial charge < -0.3 is 15.2 Å². The minimum absolute atomic E-state index is 0.298. The second kappa shape index (κ2) is 4.76. The molecule has 1 amide bonds. The van der Waals surface area contributed by atoms with Gasteiger partial charge in [-0.3, -0.25) is 0 Å². The molecule has 0 aliphatic heterocycles. The minimum Gasteiger partial charge on any atom is -0.444 e. The smallest absolute Gasteiger partial charge is 0.407 e. The molecule has 1 aliphatic rings. The maximum absolute atomic E-state index is 12.7. The Morgan fingerprint density at radius 2 is 2.06 bits per heavy atom. The van der Waals surface area contributed by atoms with E-state index in [2.05, 4.69) is 5.32 Å². The summed E-state index contributed by atoms with van der Waals surface area (Å²) in [5.41, 5.74) is -0.645. The highest BCUT2D eigenvalue weighted by Crippen LogP contribution is 2.43. The minimum atomic E-state index is -2.66. The molecule has 17 heavy (non-hydrogen) atoms. The monoisotopic (exact) mass is 251 g/mol. The molecule has 100 valence electrons. The quantitative estimate of drug-likeness (QED) is 0.805. The Morgan fingerprint density at radius 1 is 1.53 bits per heavy atom. The number of rotatable bonds is 3. The van der Waals surface area contributed by atoms with E-state index in [4.69, 9.17) is 9.84 Å². The number of alkyl halides is 2. The molecule has 1 saturated carbocycles. The van der Waals surface area contributed by atoms with Crippen LogP contribution in [0.5, 0.6) is 0 Å². The van der Waals surface area contributed by atoms with E-state index in [-0.39, 0.29) is 25.4 Å². The Morgan fingerprint density at radius 3 is 2.41 bits per heavy atom. The fourth-order valence-electron chi connectivity index (χ4n) is 1.76. The van der Waals surface area contributed by atoms with Gasteiger partial charge in [-0.1, -0.05) is 0 Å². The lowest BCUT2D eigenvalue weighted by Gasteiger charge is -2.39. The molecule has 0 aromatic heterocycles. The predicted molar refractivity (Wildman–Crippen MR) is 57.9 cm³/mol. The van der Waals surface area contributed by atoms with Gasteiger partial charge in [0, 0.05) is 12.8 Å². The molecule has 1 aliphatic carbocycles. The number of hydrogen-bond acceptors (Lipinski definition) is 3. The number of nitrogens with one attached hydrogen (secondary N) is 1. The maximum atomic E-state index is 12.7. The molecule has 0 radical (unpaired) electrons. The highest BCUT2D eigenvalue weighted by Gasteiger charge is 2.48. The van der Waals surface area contributed by atoms with Crippen molar-refractivity contribution in [3.8, 4) is 0 Å². The van der Waals surface area contributed by atoms with Gasteiger partial charge in [0.15, 0.2) is 0 Å². The number of carbonyl (C=O) groups excluding carboxylic acids is 1. The van der Waals surface area contributed by atoms with E-state index < -0.39 is 23.7 Å². The number of aliphatic hydroxyl groups is 1. The Bertz CT molecular complexity index is 281. The zero-order valence-electron chi connectivity index (χ0n) is 10.3. The van der Waals surface area contributed by atoms with Crippen LogP contribution in [0.25, 0.3) is 0 Å². The SMILES string of the molecule is CC(C)(C)OC(=O)NC(CO)C1CC(F)(F)C1. The third kappa shape index (κ3) is 4.46. The van der Waals surface area contributed by atoms with Crippen LogP contribution in [0.2, 0.25) is 0 Å². The van der Waals surface area contributed by atoms with Crippen molar-refractivity contribution < 1.29 is 23.4 Å². The molecule has 2 N–H and O–H groups in total. The van der Waals surface area contributed by atoms with E-state index in [9.17, 15) is 13.6 Å². The van der Waals surface area contributed by atoms with Crippen molar-refractivity contribution in [1.29, 1.82) is 0 Å². The summed E-state index contributed by atoms with van der Waals surface area (Å²) in [6, 6.07) is -0.663. The number of hydrogen-bond donors (Lipinski definition) is 2. The fourth-order valence-corrected chi connectivity index (χ4v) is 1.76. The van der Waals surface area contributed by atoms with Crippen molar-refractivity contribution >= 4 is 6.09 Å². The van der Waals surface area contributed by atoms with E-state index in [1.54, 1.807) is 20.8 Å². The zero-order valence-corrected chi connectivity index (χ0v) is 10.3. The van der Waals surface area contributed by atoms with Crippen LogP contribution >= 0.6 is 0 Å². The highest BCUT2D eigenvalue weighted by molar-refractivity contribution is 5.68. The summed E-state index contributed by atoms with van der Waals surface area (Å²) in [5.74, 6) is -3.05. The fraction of sp³-hybridized carbons (Fsp3) is 0.909. The van der Waals surface area contributed by atoms with Crippen molar-refractivity contribution in [3.05, 3.63) is 0 Å². The molecule has 0 bridgehead atoms. The lowest BCUT2D eigenvalue weighted by molar-refractivity contribution is -0.122. The number of carbonyl (C=O) groups is 1. The molecule has 0 aromatic rings. The molecule has 0 heterocycles. The zero-order chi connectivity index (χ0) is 13.3. The molecule has 6 heteroatoms. The van der Waals surface area contributed by atoms with E-state index >= 15 is 0 Å². The Labute approximate surface area is 99.3 Å². The van der Waals surface area contributed by atoms with Crippen LogP contribution < -0.4 is 5.32 Å². The number of amides is 1. The summed E-state index contributed by atoms with van der Waals surface area (Å²) < 4.78 is 30.3. The molecular formula is C11H19F2NO3. The van der Waals surface area contributed by atoms with E-state index in [1.807, 2.05) is 0 Å². The summed E-state index contributed by atoms with van der Waals surface area (Å²) in [6.45, 7) is 4.76. The van der Waals surface area contributed by atoms with E-state index in [1.165, 1.54) is 0 Å². The first-order valence-corrected chi connectivity index (χ1v) is 5.61. The lowest BCUT2D eigenvalue weighted by atomic mass is 9.76. The van der Waals surface area contributed by atoms with Crippen molar-refractivity contribution in [3.63, 3.8) is 0 Å². The molecule has 1 rings (SSSR count). The van der Waals surface area contributed by atoms with Crippen LogP contribution in [0.4, 0.5) is 13.6 Å². The van der Waals surface area contributed by atoms with Gasteiger partial charge in [0.1, 0.15) is 5.60 Å². The van der Waals surface area contributed by atoms with Gasteiger partial charge >= 0.3 is 6.09 Å². The summed E-state index contributed by atoms with van der Waals surface area (Å²) in [5, 5.41) is 11.5. The van der Waals surface area contributed by atoms with Crippen LogP contribution in [0.1, 0.15) is 33.6 Å². The highest BCUT2D eigenvalue weighted by atomic mass is 19.3. The third-order valence-electron chi connectivity index (χ3n) is 2.59. The largest absolute Gasteiger partial charge is 0.444 e. The van der Waals surface area contributed by atoms with Gasteiger partial charge in [0.05, 0.1) is 12.6 Å². The summed E-state index contributed by atoms with van der Waals surface area (Å²) >= 11 is 0. The average molecular weight is 251 g/mol. The van der Waals surface area contributed by atoms with Crippen LogP contribution in [0.15, 0.2) is 0 Å². The van der Waals surface area contributed by atoms with Gasteiger partial charge in [-0.2, -0.15) is 0 Å². The first-order valence-electron chi connectivity index (χ1n) is 5.61. The summed E-state index contributed by atoms with van der Waals surface area (Å²) in [4.78, 5) is 11.4. The van der Waals surface area contributed by atoms with Crippen molar-refractivity contribution in [2.24, 2.45) is 5.92 Å². The number of aliphatic hydroxyl groups excluding tert-OH is 1. The number of halogens is 2. The van der Waals surface area contributed by atoms with Gasteiger partial charge in [0.2, 0.25) is 5.92 Å². The van der Waals surface area contributed by atoms with Gasteiger partial charge in [0.25, 0.3) is 0 Å². The van der Waals surface area contributed by atoms with Gasteiger partial charge in [-0.25, -0.2) is 13.6 Å². The van der Waals surface area contributed by atoms with Gasteiger partial charge in [-0.15, -0.1) is 0 Å². The molecule has 0 spiro atoms. The lowest BCUT2D eigenvalue weighted by Crippen LogP contribution is -2.52. The van der Waals surface area contributed by atoms with E-state index in [0.29, 0.717) is 0 Å². The molecule has 1 fully saturated rings. The number of alkyl carbamates (subject to hydrolysis) is 1. The molecular weight excluding hydrogens is 232 g/mol. The summed E-state index contributed by atoms with van der Waals surface area (Å²) in [7, 11) is 0. The summed E-state index contributed by atoms with van der Waals surface area (Å²) in [6.07, 6.45) is -1.28. The van der Waals surface area contributed by atoms with Gasteiger partial charge in [-0.05, 0) is 26.7 Å². The van der Waals surface area contributed by atoms with Crippen molar-refractivity contribution in [2.75, 3.05) is 6.61 Å². The first kappa shape index (κ1) is 14.2. The van der Waals surface area contributed by atoms with Crippen LogP contribution in [0, 0.1) is 5.92 Å². The van der Waals surface area contributed by atoms with Crippen molar-refractivity contribution in [2.45, 2.75) is 51.2 Å². The predicted octanol–water partition coefficient (Wildman–Crippen LogP) is 1.92. The standard InChI is InChI=1S/C11H19F2NO3/c1-10(2,3)17-9(16)14-8(6-15)7-4-11(12,13)5-7/h7-8,15H,4-6H2,1-3H3,(H,14,16).